The average molecular weight is 314 g/mol. The van der Waals surface area contributed by atoms with E-state index >= 15 is 0 Å². The molecule has 0 aromatic heterocycles. The molecule has 1 aliphatic carbocycles. The lowest BCUT2D eigenvalue weighted by Gasteiger charge is -2.56. The molecule has 23 heavy (non-hydrogen) atoms. The first-order valence-corrected chi connectivity index (χ1v) is 8.83. The first-order chi connectivity index (χ1) is 11.1. The summed E-state index contributed by atoms with van der Waals surface area (Å²) < 4.78 is 5.87. The number of rotatable bonds is 3. The zero-order valence-electron chi connectivity index (χ0n) is 14.0. The highest BCUT2D eigenvalue weighted by molar-refractivity contribution is 5.97. The SMILES string of the molecule is CC1(C)[C@H](N[C@@H]2CCCN(c3ccccc3)C2=O)[C@@H]2CCO[C@H]21. The molecule has 2 saturated heterocycles. The first-order valence-electron chi connectivity index (χ1n) is 8.83. The number of ether oxygens (including phenoxy) is 1. The zero-order valence-corrected chi connectivity index (χ0v) is 14.0. The number of nitrogens with one attached hydrogen (secondary N) is 1. The number of anilines is 1. The first kappa shape index (κ1) is 15.2. The van der Waals surface area contributed by atoms with Crippen molar-refractivity contribution >= 4 is 11.6 Å². The average Bonchev–Trinajstić information content (AvgIpc) is 3.02. The van der Waals surface area contributed by atoms with Crippen LogP contribution in [0.15, 0.2) is 30.3 Å². The van der Waals surface area contributed by atoms with Gasteiger partial charge in [0.15, 0.2) is 0 Å². The minimum absolute atomic E-state index is 0.0604. The lowest BCUT2D eigenvalue weighted by atomic mass is 9.57. The number of piperidine rings is 1. The fourth-order valence-corrected chi connectivity index (χ4v) is 4.77. The normalized spacial score (nSPS) is 35.7. The molecule has 3 aliphatic rings. The Morgan fingerprint density at radius 3 is 2.78 bits per heavy atom. The van der Waals surface area contributed by atoms with Crippen molar-refractivity contribution in [2.45, 2.75) is 51.3 Å². The number of fused-ring (bicyclic) bond motifs is 1. The molecule has 0 radical (unpaired) electrons. The van der Waals surface area contributed by atoms with Crippen LogP contribution in [-0.4, -0.2) is 37.2 Å². The van der Waals surface area contributed by atoms with Crippen molar-refractivity contribution in [2.75, 3.05) is 18.1 Å². The van der Waals surface area contributed by atoms with Gasteiger partial charge in [0, 0.05) is 36.2 Å². The van der Waals surface area contributed by atoms with Gasteiger partial charge in [-0.2, -0.15) is 0 Å². The molecule has 1 saturated carbocycles. The van der Waals surface area contributed by atoms with Crippen LogP contribution in [0.4, 0.5) is 5.69 Å². The molecular weight excluding hydrogens is 288 g/mol. The molecule has 4 heteroatoms. The Hall–Kier alpha value is -1.39. The molecule has 1 aromatic carbocycles. The molecular formula is C19H26N2O2. The van der Waals surface area contributed by atoms with Crippen molar-refractivity contribution in [2.24, 2.45) is 11.3 Å². The lowest BCUT2D eigenvalue weighted by molar-refractivity contribution is -0.131. The van der Waals surface area contributed by atoms with Gasteiger partial charge in [-0.1, -0.05) is 32.0 Å². The summed E-state index contributed by atoms with van der Waals surface area (Å²) in [5.41, 5.74) is 1.13. The van der Waals surface area contributed by atoms with E-state index in [0.29, 0.717) is 18.1 Å². The fraction of sp³-hybridized carbons (Fsp3) is 0.632. The molecule has 1 amide bonds. The highest BCUT2D eigenvalue weighted by Crippen LogP contribution is 2.52. The van der Waals surface area contributed by atoms with Crippen LogP contribution in [0.2, 0.25) is 0 Å². The third-order valence-electron chi connectivity index (χ3n) is 5.99. The predicted molar refractivity (Wildman–Crippen MR) is 90.4 cm³/mol. The smallest absolute Gasteiger partial charge is 0.244 e. The van der Waals surface area contributed by atoms with Gasteiger partial charge in [0.05, 0.1) is 12.1 Å². The van der Waals surface area contributed by atoms with Crippen molar-refractivity contribution in [3.63, 3.8) is 0 Å². The van der Waals surface area contributed by atoms with Crippen LogP contribution in [0, 0.1) is 11.3 Å². The second-order valence-corrected chi connectivity index (χ2v) is 7.73. The highest BCUT2D eigenvalue weighted by atomic mass is 16.5. The van der Waals surface area contributed by atoms with Gasteiger partial charge >= 0.3 is 0 Å². The predicted octanol–water partition coefficient (Wildman–Crippen LogP) is 2.59. The van der Waals surface area contributed by atoms with E-state index in [1.54, 1.807) is 0 Å². The van der Waals surface area contributed by atoms with E-state index < -0.39 is 0 Å². The molecule has 1 aromatic rings. The largest absolute Gasteiger partial charge is 0.377 e. The molecule has 0 unspecified atom stereocenters. The molecule has 1 N–H and O–H groups in total. The van der Waals surface area contributed by atoms with Crippen molar-refractivity contribution in [1.29, 1.82) is 0 Å². The Morgan fingerprint density at radius 1 is 1.22 bits per heavy atom. The molecule has 4 rings (SSSR count). The molecule has 4 atom stereocenters. The van der Waals surface area contributed by atoms with Gasteiger partial charge < -0.3 is 15.0 Å². The summed E-state index contributed by atoms with van der Waals surface area (Å²) in [6, 6.07) is 10.4. The molecule has 3 fully saturated rings. The van der Waals surface area contributed by atoms with E-state index in [1.807, 2.05) is 35.2 Å². The Bertz CT molecular complexity index is 586. The Kier molecular flexibility index (Phi) is 3.69. The van der Waals surface area contributed by atoms with Crippen LogP contribution in [0.1, 0.15) is 33.1 Å². The molecule has 2 heterocycles. The lowest BCUT2D eigenvalue weighted by Crippen LogP contribution is -2.69. The van der Waals surface area contributed by atoms with Crippen LogP contribution in [0.25, 0.3) is 0 Å². The summed E-state index contributed by atoms with van der Waals surface area (Å²) in [4.78, 5) is 14.9. The molecule has 4 nitrogen and oxygen atoms in total. The number of benzene rings is 1. The van der Waals surface area contributed by atoms with E-state index in [-0.39, 0.29) is 17.4 Å². The maximum atomic E-state index is 12.9. The van der Waals surface area contributed by atoms with Gasteiger partial charge in [-0.05, 0) is 31.4 Å². The van der Waals surface area contributed by atoms with Crippen LogP contribution < -0.4 is 10.2 Å². The molecule has 2 aliphatic heterocycles. The summed E-state index contributed by atoms with van der Waals surface area (Å²) in [5.74, 6) is 0.797. The Labute approximate surface area is 138 Å². The third kappa shape index (κ3) is 2.39. The van der Waals surface area contributed by atoms with Crippen LogP contribution >= 0.6 is 0 Å². The van der Waals surface area contributed by atoms with Crippen LogP contribution in [0.3, 0.4) is 0 Å². The minimum atomic E-state index is -0.0604. The van der Waals surface area contributed by atoms with Crippen molar-refractivity contribution < 1.29 is 9.53 Å². The third-order valence-corrected chi connectivity index (χ3v) is 5.99. The van der Waals surface area contributed by atoms with Crippen LogP contribution in [-0.2, 0) is 9.53 Å². The topological polar surface area (TPSA) is 41.6 Å². The number of carbonyl (C=O) groups is 1. The minimum Gasteiger partial charge on any atom is -0.377 e. The number of hydrogen-bond donors (Lipinski definition) is 1. The van der Waals surface area contributed by atoms with Crippen molar-refractivity contribution in [3.8, 4) is 0 Å². The Morgan fingerprint density at radius 2 is 2.00 bits per heavy atom. The molecule has 0 spiro atoms. The van der Waals surface area contributed by atoms with E-state index in [1.165, 1.54) is 0 Å². The fourth-order valence-electron chi connectivity index (χ4n) is 4.77. The second-order valence-electron chi connectivity index (χ2n) is 7.73. The molecule has 0 bridgehead atoms. The maximum absolute atomic E-state index is 12.9. The van der Waals surface area contributed by atoms with Gasteiger partial charge in [-0.15, -0.1) is 0 Å². The highest BCUT2D eigenvalue weighted by Gasteiger charge is 2.59. The number of nitrogens with zero attached hydrogens (tertiary/aromatic N) is 1. The van der Waals surface area contributed by atoms with Gasteiger partial charge in [0.25, 0.3) is 0 Å². The Balaban J connectivity index is 1.48. The van der Waals surface area contributed by atoms with Gasteiger partial charge in [0.1, 0.15) is 0 Å². The van der Waals surface area contributed by atoms with Crippen LogP contribution in [0.5, 0.6) is 0 Å². The van der Waals surface area contributed by atoms with E-state index in [9.17, 15) is 4.79 Å². The van der Waals surface area contributed by atoms with E-state index in [0.717, 1.165) is 38.1 Å². The molecule has 124 valence electrons. The quantitative estimate of drug-likeness (QED) is 0.932. The second kappa shape index (κ2) is 5.60. The summed E-state index contributed by atoms with van der Waals surface area (Å²) >= 11 is 0. The number of para-hydroxylation sites is 1. The summed E-state index contributed by atoms with van der Waals surface area (Å²) in [6.07, 6.45) is 3.47. The van der Waals surface area contributed by atoms with Gasteiger partial charge in [0.2, 0.25) is 5.91 Å². The summed E-state index contributed by atoms with van der Waals surface area (Å²) in [7, 11) is 0. The summed E-state index contributed by atoms with van der Waals surface area (Å²) in [5, 5.41) is 3.70. The number of carbonyl (C=O) groups excluding carboxylic acids is 1. The standard InChI is InChI=1S/C19H26N2O2/c1-19(2)16(14-10-12-23-17(14)19)20-15-9-6-11-21(18(15)22)13-7-4-3-5-8-13/h3-5,7-8,14-17,20H,6,9-12H2,1-2H3/t14-,15+,16+,17+/m0/s1. The van der Waals surface area contributed by atoms with Gasteiger partial charge in [-0.3, -0.25) is 4.79 Å². The number of hydrogen-bond acceptors (Lipinski definition) is 3. The zero-order chi connectivity index (χ0) is 16.0. The maximum Gasteiger partial charge on any atom is 0.244 e. The van der Waals surface area contributed by atoms with Gasteiger partial charge in [-0.25, -0.2) is 0 Å². The monoisotopic (exact) mass is 314 g/mol. The van der Waals surface area contributed by atoms with E-state index in [2.05, 4.69) is 19.2 Å². The van der Waals surface area contributed by atoms with E-state index in [4.69, 9.17) is 4.74 Å². The summed E-state index contributed by atoms with van der Waals surface area (Å²) in [6.45, 7) is 6.22. The van der Waals surface area contributed by atoms with Crippen molar-refractivity contribution in [1.82, 2.24) is 5.32 Å². The number of amides is 1. The van der Waals surface area contributed by atoms with Crippen molar-refractivity contribution in [3.05, 3.63) is 30.3 Å².